The van der Waals surface area contributed by atoms with E-state index in [1.165, 1.54) is 4.68 Å². The van der Waals surface area contributed by atoms with Gasteiger partial charge in [0.25, 0.3) is 0 Å². The summed E-state index contributed by atoms with van der Waals surface area (Å²) in [6, 6.07) is 0. The SMILES string of the molecule is Cc1nn(CCC(=O)NC(C)(C)CN)c(C)c1[N+](=O)[O-]. The first-order valence-corrected chi connectivity index (χ1v) is 6.37. The van der Waals surface area contributed by atoms with Gasteiger partial charge < -0.3 is 11.1 Å². The molecule has 0 aliphatic heterocycles. The van der Waals surface area contributed by atoms with Crippen molar-refractivity contribution in [1.82, 2.24) is 15.1 Å². The van der Waals surface area contributed by atoms with Crippen molar-refractivity contribution >= 4 is 11.6 Å². The van der Waals surface area contributed by atoms with Crippen LogP contribution in [0, 0.1) is 24.0 Å². The van der Waals surface area contributed by atoms with Gasteiger partial charge in [-0.15, -0.1) is 0 Å². The Morgan fingerprint density at radius 1 is 1.50 bits per heavy atom. The molecule has 0 spiro atoms. The summed E-state index contributed by atoms with van der Waals surface area (Å²) in [4.78, 5) is 22.2. The number of aromatic nitrogens is 2. The summed E-state index contributed by atoms with van der Waals surface area (Å²) in [6.07, 6.45) is 0.197. The van der Waals surface area contributed by atoms with E-state index in [4.69, 9.17) is 5.73 Å². The molecular formula is C12H21N5O3. The molecule has 1 amide bonds. The largest absolute Gasteiger partial charge is 0.350 e. The lowest BCUT2D eigenvalue weighted by Gasteiger charge is -2.24. The zero-order valence-corrected chi connectivity index (χ0v) is 12.3. The highest BCUT2D eigenvalue weighted by molar-refractivity contribution is 5.76. The molecule has 1 heterocycles. The van der Waals surface area contributed by atoms with Crippen LogP contribution in [-0.2, 0) is 11.3 Å². The maximum atomic E-state index is 11.8. The number of nitrogens with zero attached hydrogens (tertiary/aromatic N) is 3. The molecule has 0 bridgehead atoms. The summed E-state index contributed by atoms with van der Waals surface area (Å²) < 4.78 is 1.49. The molecule has 0 unspecified atom stereocenters. The highest BCUT2D eigenvalue weighted by atomic mass is 16.6. The lowest BCUT2D eigenvalue weighted by molar-refractivity contribution is -0.386. The predicted octanol–water partition coefficient (Wildman–Crippen LogP) is 0.652. The lowest BCUT2D eigenvalue weighted by Crippen LogP contribution is -2.49. The van der Waals surface area contributed by atoms with E-state index in [1.54, 1.807) is 13.8 Å². The summed E-state index contributed by atoms with van der Waals surface area (Å²) in [5.74, 6) is -0.157. The first kappa shape index (κ1) is 16.1. The fraction of sp³-hybridized carbons (Fsp3) is 0.667. The lowest BCUT2D eigenvalue weighted by atomic mass is 10.1. The molecule has 20 heavy (non-hydrogen) atoms. The van der Waals surface area contributed by atoms with E-state index in [9.17, 15) is 14.9 Å². The number of carbonyl (C=O) groups excluding carboxylic acids is 1. The van der Waals surface area contributed by atoms with Crippen molar-refractivity contribution in [3.8, 4) is 0 Å². The fourth-order valence-electron chi connectivity index (χ4n) is 1.87. The van der Waals surface area contributed by atoms with E-state index in [2.05, 4.69) is 10.4 Å². The number of nitro groups is 1. The van der Waals surface area contributed by atoms with E-state index in [0.717, 1.165) is 0 Å². The second-order valence-electron chi connectivity index (χ2n) is 5.39. The average Bonchev–Trinajstić information content (AvgIpc) is 2.61. The number of hydrogen-bond donors (Lipinski definition) is 2. The smallest absolute Gasteiger partial charge is 0.312 e. The van der Waals surface area contributed by atoms with Crippen molar-refractivity contribution in [2.24, 2.45) is 5.73 Å². The molecule has 0 radical (unpaired) electrons. The van der Waals surface area contributed by atoms with Crippen LogP contribution >= 0.6 is 0 Å². The molecule has 0 atom stereocenters. The van der Waals surface area contributed by atoms with Gasteiger partial charge >= 0.3 is 5.69 Å². The molecule has 0 saturated carbocycles. The van der Waals surface area contributed by atoms with E-state index in [-0.39, 0.29) is 18.0 Å². The van der Waals surface area contributed by atoms with Crippen LogP contribution in [0.1, 0.15) is 31.7 Å². The number of carbonyl (C=O) groups is 1. The van der Waals surface area contributed by atoms with Crippen LogP contribution in [0.3, 0.4) is 0 Å². The van der Waals surface area contributed by atoms with Gasteiger partial charge in [-0.3, -0.25) is 19.6 Å². The first-order valence-electron chi connectivity index (χ1n) is 6.37. The Balaban J connectivity index is 2.70. The standard InChI is InChI=1S/C12H21N5O3/c1-8-11(17(19)20)9(2)16(15-8)6-5-10(18)14-12(3,4)7-13/h5-7,13H2,1-4H3,(H,14,18). The van der Waals surface area contributed by atoms with Crippen LogP contribution in [0.25, 0.3) is 0 Å². The summed E-state index contributed by atoms with van der Waals surface area (Å²) in [5.41, 5.74) is 5.90. The van der Waals surface area contributed by atoms with Gasteiger partial charge in [-0.1, -0.05) is 0 Å². The van der Waals surface area contributed by atoms with Crippen molar-refractivity contribution in [2.45, 2.75) is 46.2 Å². The van der Waals surface area contributed by atoms with E-state index in [0.29, 0.717) is 24.5 Å². The molecule has 112 valence electrons. The minimum atomic E-state index is -0.460. The van der Waals surface area contributed by atoms with Gasteiger partial charge in [-0.05, 0) is 27.7 Å². The minimum Gasteiger partial charge on any atom is -0.350 e. The quantitative estimate of drug-likeness (QED) is 0.587. The Hall–Kier alpha value is -1.96. The highest BCUT2D eigenvalue weighted by Gasteiger charge is 2.23. The van der Waals surface area contributed by atoms with Crippen molar-refractivity contribution in [3.63, 3.8) is 0 Å². The summed E-state index contributed by atoms with van der Waals surface area (Å²) in [6.45, 7) is 7.51. The molecule has 0 aromatic carbocycles. The van der Waals surface area contributed by atoms with Crippen molar-refractivity contribution in [2.75, 3.05) is 6.54 Å². The van der Waals surface area contributed by atoms with Gasteiger partial charge in [-0.2, -0.15) is 5.10 Å². The number of rotatable bonds is 6. The van der Waals surface area contributed by atoms with Gasteiger partial charge in [0.05, 0.1) is 11.5 Å². The fourth-order valence-corrected chi connectivity index (χ4v) is 1.87. The maximum absolute atomic E-state index is 11.8. The number of nitrogens with two attached hydrogens (primary N) is 1. The second kappa shape index (κ2) is 6.00. The molecule has 1 rings (SSSR count). The van der Waals surface area contributed by atoms with Crippen molar-refractivity contribution in [3.05, 3.63) is 21.5 Å². The molecule has 8 nitrogen and oxygen atoms in total. The first-order chi connectivity index (χ1) is 9.18. The van der Waals surface area contributed by atoms with Crippen LogP contribution in [0.5, 0.6) is 0 Å². The Morgan fingerprint density at radius 3 is 2.55 bits per heavy atom. The van der Waals surface area contributed by atoms with E-state index in [1.807, 2.05) is 13.8 Å². The third kappa shape index (κ3) is 3.77. The van der Waals surface area contributed by atoms with Crippen LogP contribution in [0.2, 0.25) is 0 Å². The zero-order valence-electron chi connectivity index (χ0n) is 12.3. The Morgan fingerprint density at radius 2 is 2.10 bits per heavy atom. The Labute approximate surface area is 117 Å². The summed E-state index contributed by atoms with van der Waals surface area (Å²) in [5, 5.41) is 17.8. The van der Waals surface area contributed by atoms with Gasteiger partial charge in [0.1, 0.15) is 11.4 Å². The van der Waals surface area contributed by atoms with Crippen molar-refractivity contribution in [1.29, 1.82) is 0 Å². The minimum absolute atomic E-state index is 0.00713. The maximum Gasteiger partial charge on any atom is 0.312 e. The van der Waals surface area contributed by atoms with Crippen LogP contribution in [-0.4, -0.2) is 32.7 Å². The van der Waals surface area contributed by atoms with Gasteiger partial charge in [0, 0.05) is 18.5 Å². The molecule has 8 heteroatoms. The number of nitrogens with one attached hydrogen (secondary N) is 1. The Bertz CT molecular complexity index is 521. The van der Waals surface area contributed by atoms with Crippen LogP contribution in [0.15, 0.2) is 0 Å². The average molecular weight is 283 g/mol. The molecule has 3 N–H and O–H groups in total. The van der Waals surface area contributed by atoms with E-state index >= 15 is 0 Å². The topological polar surface area (TPSA) is 116 Å². The molecule has 0 aliphatic rings. The van der Waals surface area contributed by atoms with Gasteiger partial charge in [0.15, 0.2) is 0 Å². The normalized spacial score (nSPS) is 11.4. The van der Waals surface area contributed by atoms with Crippen LogP contribution < -0.4 is 11.1 Å². The molecule has 0 aliphatic carbocycles. The summed E-state index contributed by atoms with van der Waals surface area (Å²) >= 11 is 0. The number of aryl methyl sites for hydroxylation is 2. The predicted molar refractivity (Wildman–Crippen MR) is 74.2 cm³/mol. The third-order valence-corrected chi connectivity index (χ3v) is 3.06. The second-order valence-corrected chi connectivity index (χ2v) is 5.39. The number of amides is 1. The van der Waals surface area contributed by atoms with Crippen LogP contribution in [0.4, 0.5) is 5.69 Å². The molecular weight excluding hydrogens is 262 g/mol. The molecule has 1 aromatic rings. The van der Waals surface area contributed by atoms with E-state index < -0.39 is 10.5 Å². The molecule has 1 aromatic heterocycles. The van der Waals surface area contributed by atoms with Gasteiger partial charge in [-0.25, -0.2) is 0 Å². The molecule has 0 saturated heterocycles. The number of hydrogen-bond acceptors (Lipinski definition) is 5. The third-order valence-electron chi connectivity index (χ3n) is 3.06. The highest BCUT2D eigenvalue weighted by Crippen LogP contribution is 2.21. The monoisotopic (exact) mass is 283 g/mol. The zero-order chi connectivity index (χ0) is 15.5. The molecule has 0 fully saturated rings. The summed E-state index contributed by atoms with van der Waals surface area (Å²) in [7, 11) is 0. The van der Waals surface area contributed by atoms with Crippen molar-refractivity contribution < 1.29 is 9.72 Å². The Kier molecular flexibility index (Phi) is 4.83. The van der Waals surface area contributed by atoms with Gasteiger partial charge in [0.2, 0.25) is 5.91 Å².